The fraction of sp³-hybridized carbons (Fsp3) is 0.391. The van der Waals surface area contributed by atoms with Gasteiger partial charge in [-0.15, -0.1) is 0 Å². The van der Waals surface area contributed by atoms with E-state index >= 15 is 0 Å². The molecule has 1 atom stereocenters. The lowest BCUT2D eigenvalue weighted by atomic mass is 10.1. The molecule has 0 aliphatic rings. The molecule has 2 rings (SSSR count). The van der Waals surface area contributed by atoms with E-state index in [1.54, 1.807) is 37.3 Å². The lowest BCUT2D eigenvalue weighted by molar-refractivity contribution is -0.139. The van der Waals surface area contributed by atoms with Gasteiger partial charge in [-0.25, -0.2) is 8.42 Å². The van der Waals surface area contributed by atoms with Crippen molar-refractivity contribution in [3.63, 3.8) is 0 Å². The summed E-state index contributed by atoms with van der Waals surface area (Å²) in [6, 6.07) is 10.5. The highest BCUT2D eigenvalue weighted by Crippen LogP contribution is 2.33. The average Bonchev–Trinajstić information content (AvgIpc) is 2.79. The second-order valence-electron chi connectivity index (χ2n) is 7.70. The highest BCUT2D eigenvalue weighted by atomic mass is 35.5. The number of carbonyl (C=O) groups excluding carboxylic acids is 2. The van der Waals surface area contributed by atoms with Crippen LogP contribution in [0.4, 0.5) is 5.69 Å². The maximum absolute atomic E-state index is 13.5. The van der Waals surface area contributed by atoms with E-state index in [4.69, 9.17) is 27.9 Å². The minimum absolute atomic E-state index is 0.0843. The molecular weight excluding hydrogens is 501 g/mol. The van der Waals surface area contributed by atoms with E-state index in [1.807, 2.05) is 6.92 Å². The number of hydrogen-bond donors (Lipinski definition) is 1. The Morgan fingerprint density at radius 2 is 1.71 bits per heavy atom. The maximum atomic E-state index is 13.5. The minimum atomic E-state index is -3.91. The number of nitrogens with one attached hydrogen (secondary N) is 1. The van der Waals surface area contributed by atoms with Gasteiger partial charge in [0.2, 0.25) is 21.8 Å². The lowest BCUT2D eigenvalue weighted by Gasteiger charge is -2.32. The number of anilines is 1. The molecule has 11 heteroatoms. The predicted octanol–water partition coefficient (Wildman–Crippen LogP) is 3.71. The Morgan fingerprint density at radius 1 is 1.09 bits per heavy atom. The zero-order valence-corrected chi connectivity index (χ0v) is 21.9. The van der Waals surface area contributed by atoms with E-state index in [9.17, 15) is 18.0 Å². The highest BCUT2D eigenvalue weighted by molar-refractivity contribution is 7.92. The van der Waals surface area contributed by atoms with Gasteiger partial charge in [0.25, 0.3) is 0 Å². The molecule has 0 saturated heterocycles. The fourth-order valence-corrected chi connectivity index (χ4v) is 4.36. The van der Waals surface area contributed by atoms with Crippen molar-refractivity contribution in [3.05, 3.63) is 58.1 Å². The van der Waals surface area contributed by atoms with Crippen molar-refractivity contribution in [2.75, 3.05) is 30.8 Å². The highest BCUT2D eigenvalue weighted by Gasteiger charge is 2.31. The third kappa shape index (κ3) is 7.51. The molecule has 2 amide bonds. The number of amides is 2. The fourth-order valence-electron chi connectivity index (χ4n) is 3.22. The van der Waals surface area contributed by atoms with Gasteiger partial charge in [0.15, 0.2) is 0 Å². The normalized spacial score (nSPS) is 12.1. The van der Waals surface area contributed by atoms with Gasteiger partial charge in [-0.2, -0.15) is 0 Å². The number of sulfonamides is 1. The summed E-state index contributed by atoms with van der Waals surface area (Å²) >= 11 is 12.1. The SMILES string of the molecule is CCCNC(=O)[C@@H](C)N(Cc1ccc(Cl)cc1)C(=O)CN(c1cc(Cl)ccc1OC)S(C)(=O)=O. The van der Waals surface area contributed by atoms with Gasteiger partial charge in [0, 0.05) is 23.1 Å². The molecule has 0 fully saturated rings. The van der Waals surface area contributed by atoms with Crippen LogP contribution in [0.15, 0.2) is 42.5 Å². The van der Waals surface area contributed by atoms with Crippen LogP contribution in [-0.4, -0.2) is 57.6 Å². The lowest BCUT2D eigenvalue weighted by Crippen LogP contribution is -2.51. The van der Waals surface area contributed by atoms with E-state index in [1.165, 1.54) is 24.1 Å². The van der Waals surface area contributed by atoms with Crippen LogP contribution in [0.1, 0.15) is 25.8 Å². The van der Waals surface area contributed by atoms with Crippen LogP contribution in [-0.2, 0) is 26.2 Å². The summed E-state index contributed by atoms with van der Waals surface area (Å²) in [5.41, 5.74) is 0.861. The third-order valence-corrected chi connectivity index (χ3v) is 6.69. The van der Waals surface area contributed by atoms with Gasteiger partial charge in [-0.1, -0.05) is 42.3 Å². The molecule has 0 spiro atoms. The Balaban J connectivity index is 2.43. The van der Waals surface area contributed by atoms with Crippen molar-refractivity contribution in [2.45, 2.75) is 32.9 Å². The standard InChI is InChI=1S/C23H29Cl2N3O5S/c1-5-12-26-23(30)16(2)27(14-17-6-8-18(24)9-7-17)22(29)15-28(34(4,31)32)20-13-19(25)10-11-21(20)33-3/h6-11,13,16H,5,12,14-15H2,1-4H3,(H,26,30)/t16-/m1/s1. The number of benzene rings is 2. The molecule has 2 aromatic rings. The number of methoxy groups -OCH3 is 1. The van der Waals surface area contributed by atoms with Crippen LogP contribution < -0.4 is 14.4 Å². The Labute approximate surface area is 210 Å². The van der Waals surface area contributed by atoms with Gasteiger partial charge in [0.05, 0.1) is 19.1 Å². The molecule has 34 heavy (non-hydrogen) atoms. The van der Waals surface area contributed by atoms with Crippen molar-refractivity contribution >= 4 is 50.7 Å². The predicted molar refractivity (Wildman–Crippen MR) is 135 cm³/mol. The van der Waals surface area contributed by atoms with Crippen LogP contribution in [0.3, 0.4) is 0 Å². The Morgan fingerprint density at radius 3 is 2.26 bits per heavy atom. The minimum Gasteiger partial charge on any atom is -0.495 e. The van der Waals surface area contributed by atoms with E-state index in [0.717, 1.165) is 22.5 Å². The Hall–Kier alpha value is -2.49. The van der Waals surface area contributed by atoms with Crippen LogP contribution in [0.25, 0.3) is 0 Å². The molecule has 0 aromatic heterocycles. The molecule has 186 valence electrons. The summed E-state index contributed by atoms with van der Waals surface area (Å²) in [5.74, 6) is -0.669. The van der Waals surface area contributed by atoms with Crippen molar-refractivity contribution in [3.8, 4) is 5.75 Å². The molecule has 0 bridgehead atoms. The zero-order chi connectivity index (χ0) is 25.5. The molecule has 0 radical (unpaired) electrons. The molecular formula is C23H29Cl2N3O5S. The van der Waals surface area contributed by atoms with Gasteiger partial charge in [-0.3, -0.25) is 13.9 Å². The largest absolute Gasteiger partial charge is 0.495 e. The number of nitrogens with zero attached hydrogens (tertiary/aromatic N) is 2. The second kappa shape index (κ2) is 12.3. The Bertz CT molecular complexity index is 1110. The van der Waals surface area contributed by atoms with Crippen molar-refractivity contribution in [1.29, 1.82) is 0 Å². The van der Waals surface area contributed by atoms with Crippen molar-refractivity contribution in [2.24, 2.45) is 0 Å². The first-order valence-electron chi connectivity index (χ1n) is 10.6. The van der Waals surface area contributed by atoms with Crippen LogP contribution in [0, 0.1) is 0 Å². The average molecular weight is 530 g/mol. The zero-order valence-electron chi connectivity index (χ0n) is 19.5. The molecule has 2 aromatic carbocycles. The summed E-state index contributed by atoms with van der Waals surface area (Å²) in [4.78, 5) is 27.5. The third-order valence-electron chi connectivity index (χ3n) is 5.07. The topological polar surface area (TPSA) is 96.0 Å². The van der Waals surface area contributed by atoms with Gasteiger partial charge < -0.3 is 15.0 Å². The monoisotopic (exact) mass is 529 g/mol. The van der Waals surface area contributed by atoms with E-state index in [-0.39, 0.29) is 28.9 Å². The van der Waals surface area contributed by atoms with E-state index < -0.39 is 28.5 Å². The molecule has 1 N–H and O–H groups in total. The molecule has 0 aliphatic carbocycles. The number of rotatable bonds is 11. The van der Waals surface area contributed by atoms with Crippen molar-refractivity contribution in [1.82, 2.24) is 10.2 Å². The van der Waals surface area contributed by atoms with Crippen molar-refractivity contribution < 1.29 is 22.7 Å². The number of ether oxygens (including phenoxy) is 1. The number of halogens is 2. The van der Waals surface area contributed by atoms with Crippen LogP contribution >= 0.6 is 23.2 Å². The summed E-state index contributed by atoms with van der Waals surface area (Å²) in [7, 11) is -2.51. The molecule has 0 saturated carbocycles. The van der Waals surface area contributed by atoms with Gasteiger partial charge in [-0.05, 0) is 49.2 Å². The first-order valence-corrected chi connectivity index (χ1v) is 13.2. The molecule has 0 unspecified atom stereocenters. The van der Waals surface area contributed by atoms with Gasteiger partial charge in [0.1, 0.15) is 18.3 Å². The number of carbonyl (C=O) groups is 2. The number of hydrogen-bond acceptors (Lipinski definition) is 5. The summed E-state index contributed by atoms with van der Waals surface area (Å²) in [5, 5.41) is 3.59. The molecule has 0 aliphatic heterocycles. The van der Waals surface area contributed by atoms with Gasteiger partial charge >= 0.3 is 0 Å². The Kier molecular flexibility index (Phi) is 10.0. The van der Waals surface area contributed by atoms with E-state index in [0.29, 0.717) is 11.6 Å². The maximum Gasteiger partial charge on any atom is 0.244 e. The van der Waals surface area contributed by atoms with Crippen LogP contribution in [0.2, 0.25) is 10.0 Å². The summed E-state index contributed by atoms with van der Waals surface area (Å²) in [6.45, 7) is 3.52. The van der Waals surface area contributed by atoms with E-state index in [2.05, 4.69) is 5.32 Å². The smallest absolute Gasteiger partial charge is 0.244 e. The quantitative estimate of drug-likeness (QED) is 0.478. The van der Waals surface area contributed by atoms with Crippen LogP contribution in [0.5, 0.6) is 5.75 Å². The molecule has 8 nitrogen and oxygen atoms in total. The molecule has 0 heterocycles. The first-order chi connectivity index (χ1) is 16.0. The summed E-state index contributed by atoms with van der Waals surface area (Å²) < 4.78 is 31.6. The summed E-state index contributed by atoms with van der Waals surface area (Å²) in [6.07, 6.45) is 1.72. The second-order valence-corrected chi connectivity index (χ2v) is 10.5. The first kappa shape index (κ1) is 27.8.